The zero-order valence-corrected chi connectivity index (χ0v) is 20.1. The molecule has 0 aliphatic carbocycles. The SMILES string of the molecule is CCOC(=O)c1ccc(NC(=O)C2CCCN(Cc3nc(-c4cccc(Cl)c4)no3)C2)c(Cl)c1. The van der Waals surface area contributed by atoms with Crippen LogP contribution >= 0.6 is 23.2 Å². The highest BCUT2D eigenvalue weighted by atomic mass is 35.5. The summed E-state index contributed by atoms with van der Waals surface area (Å²) >= 11 is 12.3. The van der Waals surface area contributed by atoms with Gasteiger partial charge in [-0.2, -0.15) is 4.98 Å². The number of hydrogen-bond acceptors (Lipinski definition) is 7. The fraction of sp³-hybridized carbons (Fsp3) is 0.333. The number of piperidine rings is 1. The molecule has 1 amide bonds. The number of hydrogen-bond donors (Lipinski definition) is 1. The van der Waals surface area contributed by atoms with Crippen LogP contribution in [0.2, 0.25) is 10.0 Å². The van der Waals surface area contributed by atoms with Crippen LogP contribution in [0.4, 0.5) is 5.69 Å². The second kappa shape index (κ2) is 11.0. The Morgan fingerprint density at radius 1 is 1.24 bits per heavy atom. The molecule has 0 bridgehead atoms. The van der Waals surface area contributed by atoms with Crippen molar-refractivity contribution in [3.63, 3.8) is 0 Å². The van der Waals surface area contributed by atoms with Gasteiger partial charge in [0.25, 0.3) is 0 Å². The highest BCUT2D eigenvalue weighted by Crippen LogP contribution is 2.26. The number of likely N-dealkylation sites (tertiary alicyclic amines) is 1. The Labute approximate surface area is 207 Å². The summed E-state index contributed by atoms with van der Waals surface area (Å²) in [4.78, 5) is 31.4. The monoisotopic (exact) mass is 502 g/mol. The number of rotatable bonds is 7. The fourth-order valence-corrected chi connectivity index (χ4v) is 4.28. The van der Waals surface area contributed by atoms with Crippen molar-refractivity contribution in [2.45, 2.75) is 26.3 Å². The largest absolute Gasteiger partial charge is 0.462 e. The van der Waals surface area contributed by atoms with Crippen molar-refractivity contribution >= 4 is 40.8 Å². The summed E-state index contributed by atoms with van der Waals surface area (Å²) < 4.78 is 10.4. The van der Waals surface area contributed by atoms with Gasteiger partial charge in [-0.1, -0.05) is 40.5 Å². The van der Waals surface area contributed by atoms with Crippen molar-refractivity contribution in [1.82, 2.24) is 15.0 Å². The molecule has 0 saturated carbocycles. The Balaban J connectivity index is 1.36. The molecule has 1 aliphatic rings. The van der Waals surface area contributed by atoms with E-state index in [9.17, 15) is 9.59 Å². The van der Waals surface area contributed by atoms with Crippen molar-refractivity contribution in [2.75, 3.05) is 25.0 Å². The van der Waals surface area contributed by atoms with E-state index in [1.807, 2.05) is 12.1 Å². The summed E-state index contributed by atoms with van der Waals surface area (Å²) in [7, 11) is 0. The predicted octanol–water partition coefficient (Wildman–Crippen LogP) is 5.07. The van der Waals surface area contributed by atoms with E-state index in [2.05, 4.69) is 20.4 Å². The molecule has 8 nitrogen and oxygen atoms in total. The molecule has 178 valence electrons. The number of carbonyl (C=O) groups excluding carboxylic acids is 2. The number of carbonyl (C=O) groups is 2. The zero-order valence-electron chi connectivity index (χ0n) is 18.6. The molecular formula is C24H24Cl2N4O4. The molecular weight excluding hydrogens is 479 g/mol. The van der Waals surface area contributed by atoms with Gasteiger partial charge in [0.05, 0.1) is 35.3 Å². The fourth-order valence-electron chi connectivity index (χ4n) is 3.86. The summed E-state index contributed by atoms with van der Waals surface area (Å²) in [6.45, 7) is 3.84. The van der Waals surface area contributed by atoms with Crippen LogP contribution in [-0.4, -0.2) is 46.6 Å². The van der Waals surface area contributed by atoms with Gasteiger partial charge >= 0.3 is 5.97 Å². The summed E-state index contributed by atoms with van der Waals surface area (Å²) in [5.41, 5.74) is 1.58. The molecule has 4 rings (SSSR count). The van der Waals surface area contributed by atoms with Crippen molar-refractivity contribution in [3.05, 3.63) is 64.0 Å². The zero-order chi connectivity index (χ0) is 24.1. The number of esters is 1. The smallest absolute Gasteiger partial charge is 0.338 e. The van der Waals surface area contributed by atoms with Gasteiger partial charge in [-0.05, 0) is 56.6 Å². The van der Waals surface area contributed by atoms with E-state index >= 15 is 0 Å². The van der Waals surface area contributed by atoms with Gasteiger partial charge in [-0.25, -0.2) is 4.79 Å². The minimum absolute atomic E-state index is 0.124. The summed E-state index contributed by atoms with van der Waals surface area (Å²) in [6.07, 6.45) is 1.63. The van der Waals surface area contributed by atoms with E-state index in [-0.39, 0.29) is 23.5 Å². The number of anilines is 1. The van der Waals surface area contributed by atoms with Gasteiger partial charge < -0.3 is 14.6 Å². The highest BCUT2D eigenvalue weighted by molar-refractivity contribution is 6.34. The average Bonchev–Trinajstić information content (AvgIpc) is 3.29. The lowest BCUT2D eigenvalue weighted by atomic mass is 9.97. The molecule has 2 aromatic carbocycles. The van der Waals surface area contributed by atoms with Gasteiger partial charge in [-0.3, -0.25) is 9.69 Å². The molecule has 1 N–H and O–H groups in total. The average molecular weight is 503 g/mol. The van der Waals surface area contributed by atoms with Crippen molar-refractivity contribution in [2.24, 2.45) is 5.92 Å². The first-order valence-electron chi connectivity index (χ1n) is 11.0. The first kappa shape index (κ1) is 24.2. The highest BCUT2D eigenvalue weighted by Gasteiger charge is 2.27. The minimum atomic E-state index is -0.454. The Kier molecular flexibility index (Phi) is 7.82. The predicted molar refractivity (Wildman–Crippen MR) is 129 cm³/mol. The Morgan fingerprint density at radius 2 is 2.09 bits per heavy atom. The third-order valence-corrected chi connectivity index (χ3v) is 6.07. The maximum atomic E-state index is 12.9. The van der Waals surface area contributed by atoms with Crippen LogP contribution in [0.3, 0.4) is 0 Å². The summed E-state index contributed by atoms with van der Waals surface area (Å²) in [5.74, 6) is 0.161. The third kappa shape index (κ3) is 5.94. The molecule has 2 heterocycles. The van der Waals surface area contributed by atoms with Crippen LogP contribution in [-0.2, 0) is 16.1 Å². The van der Waals surface area contributed by atoms with E-state index in [0.29, 0.717) is 41.1 Å². The molecule has 1 aromatic heterocycles. The van der Waals surface area contributed by atoms with Gasteiger partial charge in [0.2, 0.25) is 17.6 Å². The van der Waals surface area contributed by atoms with Crippen LogP contribution in [0.1, 0.15) is 36.0 Å². The van der Waals surface area contributed by atoms with Gasteiger partial charge in [0.1, 0.15) is 0 Å². The normalized spacial score (nSPS) is 16.3. The lowest BCUT2D eigenvalue weighted by Crippen LogP contribution is -2.40. The van der Waals surface area contributed by atoms with Crippen LogP contribution in [0, 0.1) is 5.92 Å². The van der Waals surface area contributed by atoms with E-state index in [1.54, 1.807) is 31.2 Å². The standard InChI is InChI=1S/C24H24Cl2N4O4/c1-2-33-24(32)16-8-9-20(19(26)12-16)27-23(31)17-6-4-10-30(13-17)14-21-28-22(29-34-21)15-5-3-7-18(25)11-15/h3,5,7-9,11-12,17H,2,4,6,10,13-14H2,1H3,(H,27,31). The summed E-state index contributed by atoms with van der Waals surface area (Å²) in [5, 5.41) is 7.81. The first-order valence-corrected chi connectivity index (χ1v) is 11.8. The van der Waals surface area contributed by atoms with Gasteiger partial charge in [-0.15, -0.1) is 0 Å². The first-order chi connectivity index (χ1) is 16.4. The molecule has 10 heteroatoms. The van der Waals surface area contributed by atoms with E-state index in [1.165, 1.54) is 6.07 Å². The number of ether oxygens (including phenoxy) is 1. The maximum absolute atomic E-state index is 12.9. The quantitative estimate of drug-likeness (QED) is 0.450. The Bertz CT molecular complexity index is 1180. The molecule has 3 aromatic rings. The second-order valence-corrected chi connectivity index (χ2v) is 8.84. The molecule has 1 fully saturated rings. The minimum Gasteiger partial charge on any atom is -0.462 e. The second-order valence-electron chi connectivity index (χ2n) is 8.00. The molecule has 34 heavy (non-hydrogen) atoms. The number of halogens is 2. The van der Waals surface area contributed by atoms with Gasteiger partial charge in [0.15, 0.2) is 0 Å². The van der Waals surface area contributed by atoms with Crippen LogP contribution in [0.15, 0.2) is 47.0 Å². The maximum Gasteiger partial charge on any atom is 0.338 e. The number of benzene rings is 2. The van der Waals surface area contributed by atoms with Gasteiger partial charge in [0, 0.05) is 17.1 Å². The van der Waals surface area contributed by atoms with Crippen LogP contribution in [0.25, 0.3) is 11.4 Å². The van der Waals surface area contributed by atoms with Crippen molar-refractivity contribution in [1.29, 1.82) is 0 Å². The van der Waals surface area contributed by atoms with E-state index in [4.69, 9.17) is 32.5 Å². The van der Waals surface area contributed by atoms with Crippen molar-refractivity contribution < 1.29 is 18.8 Å². The Morgan fingerprint density at radius 3 is 2.85 bits per heavy atom. The number of nitrogens with one attached hydrogen (secondary N) is 1. The van der Waals surface area contributed by atoms with Crippen LogP contribution in [0.5, 0.6) is 0 Å². The number of nitrogens with zero attached hydrogens (tertiary/aromatic N) is 3. The van der Waals surface area contributed by atoms with Crippen LogP contribution < -0.4 is 5.32 Å². The molecule has 1 atom stereocenters. The Hall–Kier alpha value is -2.94. The molecule has 0 radical (unpaired) electrons. The number of aromatic nitrogens is 2. The molecule has 1 aliphatic heterocycles. The summed E-state index contributed by atoms with van der Waals surface area (Å²) in [6, 6.07) is 12.0. The number of amides is 1. The lowest BCUT2D eigenvalue weighted by Gasteiger charge is -2.30. The van der Waals surface area contributed by atoms with E-state index < -0.39 is 5.97 Å². The topological polar surface area (TPSA) is 97.6 Å². The third-order valence-electron chi connectivity index (χ3n) is 5.52. The lowest BCUT2D eigenvalue weighted by molar-refractivity contribution is -0.121. The van der Waals surface area contributed by atoms with Crippen molar-refractivity contribution in [3.8, 4) is 11.4 Å². The van der Waals surface area contributed by atoms with E-state index in [0.717, 1.165) is 24.9 Å². The molecule has 1 unspecified atom stereocenters. The molecule has 1 saturated heterocycles. The molecule has 0 spiro atoms.